The molecule has 2 aromatic heterocycles. The number of nitrogens with zero attached hydrogens (tertiary/aromatic N) is 1. The van der Waals surface area contributed by atoms with Gasteiger partial charge in [-0.15, -0.1) is 0 Å². The molecule has 0 saturated carbocycles. The molecule has 0 fully saturated rings. The average Bonchev–Trinajstić information content (AvgIpc) is 2.90. The maximum absolute atomic E-state index is 11.6. The summed E-state index contributed by atoms with van der Waals surface area (Å²) in [5.41, 5.74) is 1.97. The van der Waals surface area contributed by atoms with Gasteiger partial charge in [0.05, 0.1) is 12.2 Å². The highest BCUT2D eigenvalue weighted by molar-refractivity contribution is 5.91. The fraction of sp³-hybridized carbons (Fsp3) is 0.267. The number of hydrogen-bond acceptors (Lipinski definition) is 5. The maximum atomic E-state index is 11.6. The summed E-state index contributed by atoms with van der Waals surface area (Å²) in [7, 11) is 0. The molecule has 0 aliphatic carbocycles. The van der Waals surface area contributed by atoms with Gasteiger partial charge in [-0.2, -0.15) is 0 Å². The Kier molecular flexibility index (Phi) is 4.37. The lowest BCUT2D eigenvalue weighted by Crippen LogP contribution is -2.07. The largest absolute Gasteiger partial charge is 0.463 e. The van der Waals surface area contributed by atoms with Crippen LogP contribution in [-0.2, 0) is 9.53 Å². The molecule has 0 bridgehead atoms. The van der Waals surface area contributed by atoms with Gasteiger partial charge < -0.3 is 14.5 Å². The summed E-state index contributed by atoms with van der Waals surface area (Å²) >= 11 is 0. The van der Waals surface area contributed by atoms with E-state index in [4.69, 9.17) is 9.15 Å². The molecule has 21 heavy (non-hydrogen) atoms. The van der Waals surface area contributed by atoms with Gasteiger partial charge in [-0.3, -0.25) is 4.79 Å². The molecule has 6 heteroatoms. The molecule has 0 aromatic carbocycles. The van der Waals surface area contributed by atoms with Crippen molar-refractivity contribution in [3.8, 4) is 11.3 Å². The number of furan rings is 1. The summed E-state index contributed by atoms with van der Waals surface area (Å²) in [6, 6.07) is 3.31. The number of amides is 1. The monoisotopic (exact) mass is 288 g/mol. The SMILES string of the molecule is CCOC(=O)c1coc(-c2cc(NC(C)=O)ncc2C)c1. The molecule has 0 aliphatic rings. The fourth-order valence-corrected chi connectivity index (χ4v) is 1.84. The van der Waals surface area contributed by atoms with Crippen LogP contribution >= 0.6 is 0 Å². The van der Waals surface area contributed by atoms with Gasteiger partial charge in [0.25, 0.3) is 0 Å². The number of pyridine rings is 1. The molecule has 2 heterocycles. The van der Waals surface area contributed by atoms with Gasteiger partial charge in [-0.25, -0.2) is 9.78 Å². The summed E-state index contributed by atoms with van der Waals surface area (Å²) < 4.78 is 10.3. The number of aromatic nitrogens is 1. The summed E-state index contributed by atoms with van der Waals surface area (Å²) in [5, 5.41) is 2.61. The zero-order valence-electron chi connectivity index (χ0n) is 12.1. The van der Waals surface area contributed by atoms with Crippen LogP contribution in [0.15, 0.2) is 29.0 Å². The van der Waals surface area contributed by atoms with Crippen LogP contribution in [0.2, 0.25) is 0 Å². The molecule has 2 rings (SSSR count). The Hall–Kier alpha value is -2.63. The van der Waals surface area contributed by atoms with Crippen molar-refractivity contribution in [3.63, 3.8) is 0 Å². The van der Waals surface area contributed by atoms with E-state index in [9.17, 15) is 9.59 Å². The van der Waals surface area contributed by atoms with Gasteiger partial charge >= 0.3 is 5.97 Å². The second-order valence-corrected chi connectivity index (χ2v) is 4.49. The highest BCUT2D eigenvalue weighted by Gasteiger charge is 2.14. The lowest BCUT2D eigenvalue weighted by atomic mass is 10.1. The van der Waals surface area contributed by atoms with Crippen molar-refractivity contribution in [3.05, 3.63) is 35.7 Å². The van der Waals surface area contributed by atoms with Crippen molar-refractivity contribution in [2.24, 2.45) is 0 Å². The van der Waals surface area contributed by atoms with Gasteiger partial charge in [-0.05, 0) is 31.5 Å². The summed E-state index contributed by atoms with van der Waals surface area (Å²) in [5.74, 6) is 0.312. The van der Waals surface area contributed by atoms with E-state index >= 15 is 0 Å². The molecule has 0 atom stereocenters. The predicted octanol–water partition coefficient (Wildman–Crippen LogP) is 2.79. The van der Waals surface area contributed by atoms with E-state index in [2.05, 4.69) is 10.3 Å². The van der Waals surface area contributed by atoms with Crippen molar-refractivity contribution in [2.75, 3.05) is 11.9 Å². The van der Waals surface area contributed by atoms with Gasteiger partial charge in [0.1, 0.15) is 17.8 Å². The first-order valence-electron chi connectivity index (χ1n) is 6.51. The molecule has 0 unspecified atom stereocenters. The van der Waals surface area contributed by atoms with E-state index in [1.165, 1.54) is 13.2 Å². The Balaban J connectivity index is 2.33. The first-order chi connectivity index (χ1) is 10.0. The molecule has 2 aromatic rings. The molecule has 0 radical (unpaired) electrons. The van der Waals surface area contributed by atoms with Crippen LogP contribution < -0.4 is 5.32 Å². The van der Waals surface area contributed by atoms with Gasteiger partial charge in [-0.1, -0.05) is 0 Å². The van der Waals surface area contributed by atoms with Crippen LogP contribution in [0, 0.1) is 6.92 Å². The fourth-order valence-electron chi connectivity index (χ4n) is 1.84. The Morgan fingerprint density at radius 1 is 1.38 bits per heavy atom. The van der Waals surface area contributed by atoms with E-state index in [1.807, 2.05) is 6.92 Å². The first kappa shape index (κ1) is 14.8. The van der Waals surface area contributed by atoms with Crippen LogP contribution in [-0.4, -0.2) is 23.5 Å². The minimum absolute atomic E-state index is 0.205. The topological polar surface area (TPSA) is 81.4 Å². The Morgan fingerprint density at radius 2 is 2.14 bits per heavy atom. The minimum Gasteiger partial charge on any atom is -0.463 e. The van der Waals surface area contributed by atoms with Gasteiger partial charge in [0, 0.05) is 18.7 Å². The minimum atomic E-state index is -0.429. The van der Waals surface area contributed by atoms with E-state index in [0.717, 1.165) is 11.1 Å². The van der Waals surface area contributed by atoms with E-state index in [-0.39, 0.29) is 5.91 Å². The normalized spacial score (nSPS) is 10.2. The molecule has 0 saturated heterocycles. The van der Waals surface area contributed by atoms with Crippen LogP contribution in [0.1, 0.15) is 29.8 Å². The highest BCUT2D eigenvalue weighted by Crippen LogP contribution is 2.27. The molecule has 6 nitrogen and oxygen atoms in total. The third-order valence-corrected chi connectivity index (χ3v) is 2.78. The molecule has 0 aliphatic heterocycles. The van der Waals surface area contributed by atoms with Crippen LogP contribution in [0.25, 0.3) is 11.3 Å². The highest BCUT2D eigenvalue weighted by atomic mass is 16.5. The number of hydrogen-bond donors (Lipinski definition) is 1. The Bertz CT molecular complexity index is 676. The Morgan fingerprint density at radius 3 is 2.81 bits per heavy atom. The third-order valence-electron chi connectivity index (χ3n) is 2.78. The second-order valence-electron chi connectivity index (χ2n) is 4.49. The lowest BCUT2D eigenvalue weighted by molar-refractivity contribution is -0.114. The predicted molar refractivity (Wildman–Crippen MR) is 76.9 cm³/mol. The lowest BCUT2D eigenvalue weighted by Gasteiger charge is -2.06. The smallest absolute Gasteiger partial charge is 0.341 e. The summed E-state index contributed by atoms with van der Waals surface area (Å²) in [6.07, 6.45) is 2.98. The number of anilines is 1. The Labute approximate surface area is 122 Å². The van der Waals surface area contributed by atoms with Gasteiger partial charge in [0.15, 0.2) is 0 Å². The number of ether oxygens (including phenoxy) is 1. The van der Waals surface area contributed by atoms with Crippen molar-refractivity contribution in [1.29, 1.82) is 0 Å². The van der Waals surface area contributed by atoms with E-state index in [0.29, 0.717) is 23.7 Å². The summed E-state index contributed by atoms with van der Waals surface area (Å²) in [4.78, 5) is 26.8. The molecular weight excluding hydrogens is 272 g/mol. The summed E-state index contributed by atoms with van der Waals surface area (Å²) in [6.45, 7) is 5.32. The zero-order valence-corrected chi connectivity index (χ0v) is 12.1. The average molecular weight is 288 g/mol. The molecular formula is C15H16N2O4. The first-order valence-corrected chi connectivity index (χ1v) is 6.51. The van der Waals surface area contributed by atoms with Crippen LogP contribution in [0.4, 0.5) is 5.82 Å². The van der Waals surface area contributed by atoms with Gasteiger partial charge in [0.2, 0.25) is 5.91 Å². The zero-order chi connectivity index (χ0) is 15.4. The quantitative estimate of drug-likeness (QED) is 0.875. The molecule has 0 spiro atoms. The van der Waals surface area contributed by atoms with Crippen molar-refractivity contribution in [2.45, 2.75) is 20.8 Å². The number of carbonyl (C=O) groups is 2. The van der Waals surface area contributed by atoms with Crippen LogP contribution in [0.3, 0.4) is 0 Å². The molecule has 1 amide bonds. The molecule has 110 valence electrons. The maximum Gasteiger partial charge on any atom is 0.341 e. The molecule has 1 N–H and O–H groups in total. The number of aryl methyl sites for hydroxylation is 1. The number of esters is 1. The van der Waals surface area contributed by atoms with E-state index in [1.54, 1.807) is 25.3 Å². The third kappa shape index (κ3) is 3.47. The van der Waals surface area contributed by atoms with Crippen molar-refractivity contribution >= 4 is 17.7 Å². The second kappa shape index (κ2) is 6.21. The number of carbonyl (C=O) groups excluding carboxylic acids is 2. The van der Waals surface area contributed by atoms with Crippen LogP contribution in [0.5, 0.6) is 0 Å². The van der Waals surface area contributed by atoms with Crippen molar-refractivity contribution in [1.82, 2.24) is 4.98 Å². The number of nitrogens with one attached hydrogen (secondary N) is 1. The number of rotatable bonds is 4. The standard InChI is InChI=1S/C15H16N2O4/c1-4-20-15(19)11-5-13(21-8-11)12-6-14(17-10(3)18)16-7-9(12)2/h5-8H,4H2,1-3H3,(H,16,17,18). The van der Waals surface area contributed by atoms with E-state index < -0.39 is 5.97 Å². The van der Waals surface area contributed by atoms with Crippen molar-refractivity contribution < 1.29 is 18.7 Å².